The average Bonchev–Trinajstić information content (AvgIpc) is 3.01. The fourth-order valence-electron chi connectivity index (χ4n) is 3.70. The lowest BCUT2D eigenvalue weighted by atomic mass is 9.77. The number of nitrogens with one attached hydrogen (secondary N) is 3. The van der Waals surface area contributed by atoms with Crippen LogP contribution in [0.4, 0.5) is 0 Å². The van der Waals surface area contributed by atoms with E-state index in [4.69, 9.17) is 0 Å². The second-order valence-electron chi connectivity index (χ2n) is 6.35. The first-order chi connectivity index (χ1) is 10.0. The zero-order valence-electron chi connectivity index (χ0n) is 12.6. The third-order valence-corrected chi connectivity index (χ3v) is 5.48. The molecule has 114 valence electrons. The zero-order chi connectivity index (χ0) is 15.0. The van der Waals surface area contributed by atoms with Crippen molar-refractivity contribution >= 4 is 27.0 Å². The van der Waals surface area contributed by atoms with Gasteiger partial charge < -0.3 is 15.3 Å². The minimum Gasteiger partial charge on any atom is -0.310 e. The predicted molar refractivity (Wildman–Crippen MR) is 89.6 cm³/mol. The van der Waals surface area contributed by atoms with Crippen molar-refractivity contribution < 1.29 is 0 Å². The lowest BCUT2D eigenvalue weighted by Gasteiger charge is -2.35. The average molecular weight is 352 g/mol. The Bertz CT molecular complexity index is 697. The molecule has 0 bridgehead atoms. The number of aromatic amines is 2. The summed E-state index contributed by atoms with van der Waals surface area (Å²) in [5, 5.41) is 3.66. The van der Waals surface area contributed by atoms with Crippen LogP contribution in [-0.2, 0) is 0 Å². The van der Waals surface area contributed by atoms with Crippen LogP contribution in [0.15, 0.2) is 21.4 Å². The zero-order valence-corrected chi connectivity index (χ0v) is 14.1. The molecule has 3 N–H and O–H groups in total. The van der Waals surface area contributed by atoms with Gasteiger partial charge in [-0.1, -0.05) is 42.6 Å². The normalized spacial score (nSPS) is 19.2. The van der Waals surface area contributed by atoms with Gasteiger partial charge in [-0.05, 0) is 42.5 Å². The highest BCUT2D eigenvalue weighted by Crippen LogP contribution is 2.48. The van der Waals surface area contributed by atoms with Gasteiger partial charge in [0.25, 0.3) is 0 Å². The summed E-state index contributed by atoms with van der Waals surface area (Å²) in [4.78, 5) is 17.2. The van der Waals surface area contributed by atoms with Crippen LogP contribution in [0.1, 0.15) is 51.1 Å². The highest BCUT2D eigenvalue weighted by molar-refractivity contribution is 9.10. The van der Waals surface area contributed by atoms with Crippen LogP contribution in [0.2, 0.25) is 0 Å². The van der Waals surface area contributed by atoms with Crippen LogP contribution < -0.4 is 11.0 Å². The molecule has 4 nitrogen and oxygen atoms in total. The van der Waals surface area contributed by atoms with Crippen LogP contribution in [0.5, 0.6) is 0 Å². The van der Waals surface area contributed by atoms with E-state index in [1.165, 1.54) is 31.2 Å². The molecule has 21 heavy (non-hydrogen) atoms. The second kappa shape index (κ2) is 5.61. The number of fused-ring (bicyclic) bond motifs is 1. The molecule has 2 aromatic rings. The number of hydrogen-bond donors (Lipinski definition) is 3. The first-order valence-corrected chi connectivity index (χ1v) is 8.47. The van der Waals surface area contributed by atoms with Crippen molar-refractivity contribution in [3.8, 4) is 0 Å². The summed E-state index contributed by atoms with van der Waals surface area (Å²) in [6.45, 7) is 5.47. The minimum atomic E-state index is -0.152. The number of aromatic nitrogens is 2. The Morgan fingerprint density at radius 1 is 1.29 bits per heavy atom. The summed E-state index contributed by atoms with van der Waals surface area (Å²) in [5.74, 6) is 0. The second-order valence-corrected chi connectivity index (χ2v) is 7.20. The Kier molecular flexibility index (Phi) is 3.97. The van der Waals surface area contributed by atoms with Gasteiger partial charge in [-0.2, -0.15) is 0 Å². The lowest BCUT2D eigenvalue weighted by molar-refractivity contribution is 0.225. The molecule has 0 saturated heterocycles. The van der Waals surface area contributed by atoms with Crippen LogP contribution in [0, 0.1) is 5.41 Å². The van der Waals surface area contributed by atoms with Crippen LogP contribution in [0.25, 0.3) is 11.0 Å². The molecule has 1 unspecified atom stereocenters. The number of imidazole rings is 1. The van der Waals surface area contributed by atoms with Crippen molar-refractivity contribution in [2.24, 2.45) is 5.41 Å². The van der Waals surface area contributed by atoms with Crippen LogP contribution in [-0.4, -0.2) is 16.5 Å². The van der Waals surface area contributed by atoms with Gasteiger partial charge in [0, 0.05) is 10.5 Å². The summed E-state index contributed by atoms with van der Waals surface area (Å²) in [6.07, 6.45) is 5.11. The van der Waals surface area contributed by atoms with Gasteiger partial charge in [-0.3, -0.25) is 0 Å². The van der Waals surface area contributed by atoms with E-state index in [2.05, 4.69) is 51.1 Å². The molecule has 1 aliphatic carbocycles. The largest absolute Gasteiger partial charge is 0.323 e. The van der Waals surface area contributed by atoms with Gasteiger partial charge in [-0.15, -0.1) is 0 Å². The molecular formula is C16H22BrN3O. The van der Waals surface area contributed by atoms with Crippen molar-refractivity contribution in [2.75, 3.05) is 6.54 Å². The first kappa shape index (κ1) is 14.9. The number of halogens is 1. The molecule has 3 rings (SSSR count). The number of rotatable bonds is 4. The summed E-state index contributed by atoms with van der Waals surface area (Å²) >= 11 is 3.69. The summed E-state index contributed by atoms with van der Waals surface area (Å²) in [5.41, 5.74) is 3.10. The van der Waals surface area contributed by atoms with Crippen molar-refractivity contribution in [1.29, 1.82) is 0 Å². The van der Waals surface area contributed by atoms with E-state index in [9.17, 15) is 4.79 Å². The molecule has 1 saturated carbocycles. The van der Waals surface area contributed by atoms with Gasteiger partial charge >= 0.3 is 5.69 Å². The van der Waals surface area contributed by atoms with E-state index in [1.807, 2.05) is 6.07 Å². The van der Waals surface area contributed by atoms with E-state index >= 15 is 0 Å². The Morgan fingerprint density at radius 2 is 1.90 bits per heavy atom. The summed E-state index contributed by atoms with van der Waals surface area (Å²) in [6, 6.07) is 4.42. The standard InChI is InChI=1S/C16H22BrN3O/c1-3-18-14(16(2)6-4-5-7-16)10-8-12-13(9-11(10)17)20-15(21)19-12/h8-9,14,18H,3-7H2,1-2H3,(H2,19,20,21). The maximum atomic E-state index is 11.5. The molecule has 0 radical (unpaired) electrons. The molecule has 5 heteroatoms. The molecule has 1 atom stereocenters. The monoisotopic (exact) mass is 351 g/mol. The van der Waals surface area contributed by atoms with Gasteiger partial charge in [0.1, 0.15) is 0 Å². The maximum Gasteiger partial charge on any atom is 0.323 e. The number of hydrogen-bond acceptors (Lipinski definition) is 2. The van der Waals surface area contributed by atoms with Gasteiger partial charge in [-0.25, -0.2) is 4.79 Å². The quantitative estimate of drug-likeness (QED) is 0.783. The van der Waals surface area contributed by atoms with Crippen molar-refractivity contribution in [1.82, 2.24) is 15.3 Å². The molecule has 1 aromatic carbocycles. The SMILES string of the molecule is CCNC(c1cc2[nH]c(=O)[nH]c2cc1Br)C1(C)CCCC1. The fraction of sp³-hybridized carbons (Fsp3) is 0.562. The smallest absolute Gasteiger partial charge is 0.310 e. The van der Waals surface area contributed by atoms with E-state index < -0.39 is 0 Å². The van der Waals surface area contributed by atoms with Gasteiger partial charge in [0.05, 0.1) is 11.0 Å². The molecule has 0 aliphatic heterocycles. The van der Waals surface area contributed by atoms with Crippen LogP contribution in [0.3, 0.4) is 0 Å². The van der Waals surface area contributed by atoms with Gasteiger partial charge in [0.15, 0.2) is 0 Å². The highest BCUT2D eigenvalue weighted by Gasteiger charge is 2.38. The Morgan fingerprint density at radius 3 is 2.52 bits per heavy atom. The predicted octanol–water partition coefficient (Wildman–Crippen LogP) is 3.85. The third kappa shape index (κ3) is 2.69. The van der Waals surface area contributed by atoms with Crippen molar-refractivity contribution in [3.05, 3.63) is 32.7 Å². The Balaban J connectivity index is 2.09. The highest BCUT2D eigenvalue weighted by atomic mass is 79.9. The minimum absolute atomic E-state index is 0.152. The van der Waals surface area contributed by atoms with Crippen molar-refractivity contribution in [3.63, 3.8) is 0 Å². The third-order valence-electron chi connectivity index (χ3n) is 4.80. The van der Waals surface area contributed by atoms with Gasteiger partial charge in [0.2, 0.25) is 0 Å². The van der Waals surface area contributed by atoms with E-state index in [0.29, 0.717) is 6.04 Å². The molecule has 0 amide bonds. The fourth-order valence-corrected chi connectivity index (χ4v) is 4.27. The molecule has 1 aliphatic rings. The molecule has 0 spiro atoms. The van der Waals surface area contributed by atoms with E-state index in [0.717, 1.165) is 22.1 Å². The molecular weight excluding hydrogens is 330 g/mol. The maximum absolute atomic E-state index is 11.5. The Labute approximate surface area is 132 Å². The Hall–Kier alpha value is -1.07. The number of benzene rings is 1. The van der Waals surface area contributed by atoms with E-state index in [1.54, 1.807) is 0 Å². The van der Waals surface area contributed by atoms with Crippen molar-refractivity contribution in [2.45, 2.75) is 45.6 Å². The molecule has 1 fully saturated rings. The molecule has 1 heterocycles. The van der Waals surface area contributed by atoms with E-state index in [-0.39, 0.29) is 11.1 Å². The molecule has 1 aromatic heterocycles. The summed E-state index contributed by atoms with van der Waals surface area (Å²) in [7, 11) is 0. The lowest BCUT2D eigenvalue weighted by Crippen LogP contribution is -2.34. The van der Waals surface area contributed by atoms with Crippen LogP contribution >= 0.6 is 15.9 Å². The topological polar surface area (TPSA) is 60.7 Å². The number of H-pyrrole nitrogens is 2. The first-order valence-electron chi connectivity index (χ1n) is 7.68. The summed E-state index contributed by atoms with van der Waals surface area (Å²) < 4.78 is 1.06.